The van der Waals surface area contributed by atoms with Crippen LogP contribution in [0.3, 0.4) is 0 Å². The zero-order chi connectivity index (χ0) is 14.4. The van der Waals surface area contributed by atoms with Gasteiger partial charge in [0.1, 0.15) is 5.82 Å². The molecule has 19 heavy (non-hydrogen) atoms. The van der Waals surface area contributed by atoms with Crippen LogP contribution >= 0.6 is 0 Å². The molecule has 0 aliphatic carbocycles. The van der Waals surface area contributed by atoms with E-state index in [0.717, 1.165) is 0 Å². The topological polar surface area (TPSA) is 64.3 Å². The summed E-state index contributed by atoms with van der Waals surface area (Å²) >= 11 is 0. The summed E-state index contributed by atoms with van der Waals surface area (Å²) in [6.45, 7) is 5.24. The Morgan fingerprint density at radius 3 is 2.68 bits per heavy atom. The van der Waals surface area contributed by atoms with Gasteiger partial charge in [0.2, 0.25) is 0 Å². The van der Waals surface area contributed by atoms with Gasteiger partial charge in [-0.2, -0.15) is 0 Å². The number of halogens is 1. The third-order valence-electron chi connectivity index (χ3n) is 3.19. The van der Waals surface area contributed by atoms with E-state index in [1.54, 1.807) is 0 Å². The molecule has 0 amide bonds. The molecule has 0 saturated heterocycles. The number of anilines is 1. The molecule has 0 bridgehead atoms. The van der Waals surface area contributed by atoms with Gasteiger partial charge in [-0.3, -0.25) is 0 Å². The van der Waals surface area contributed by atoms with E-state index >= 15 is 0 Å². The van der Waals surface area contributed by atoms with Gasteiger partial charge in [0.05, 0.1) is 18.4 Å². The van der Waals surface area contributed by atoms with Gasteiger partial charge in [0, 0.05) is 6.54 Å². The first-order valence-electron chi connectivity index (χ1n) is 6.31. The lowest BCUT2D eigenvalue weighted by Crippen LogP contribution is -2.27. The summed E-state index contributed by atoms with van der Waals surface area (Å²) in [4.78, 5) is 11.4. The molecule has 0 aromatic heterocycles. The quantitative estimate of drug-likeness (QED) is 0.777. The van der Waals surface area contributed by atoms with Crippen LogP contribution in [0.4, 0.5) is 10.1 Å². The van der Waals surface area contributed by atoms with Crippen LogP contribution in [-0.4, -0.2) is 26.2 Å². The van der Waals surface area contributed by atoms with Gasteiger partial charge in [-0.05, 0) is 36.6 Å². The lowest BCUT2D eigenvalue weighted by Gasteiger charge is -2.20. The molecule has 1 aromatic carbocycles. The molecule has 0 aliphatic rings. The van der Waals surface area contributed by atoms with Crippen LogP contribution in [0.25, 0.3) is 0 Å². The Balaban J connectivity index is 2.79. The minimum absolute atomic E-state index is 0.251. The van der Waals surface area contributed by atoms with E-state index in [1.807, 2.05) is 0 Å². The second kappa shape index (κ2) is 7.09. The van der Waals surface area contributed by atoms with Gasteiger partial charge < -0.3 is 15.8 Å². The molecular weight excluding hydrogens is 247 g/mol. The second-order valence-corrected chi connectivity index (χ2v) is 4.81. The maximum Gasteiger partial charge on any atom is 0.337 e. The largest absolute Gasteiger partial charge is 0.465 e. The van der Waals surface area contributed by atoms with Gasteiger partial charge in [-0.15, -0.1) is 0 Å². The van der Waals surface area contributed by atoms with E-state index in [1.165, 1.54) is 25.3 Å². The smallest absolute Gasteiger partial charge is 0.337 e. The Hall–Kier alpha value is -1.62. The Labute approximate surface area is 113 Å². The van der Waals surface area contributed by atoms with E-state index in [9.17, 15) is 9.18 Å². The molecule has 0 spiro atoms. The number of hydrogen-bond donors (Lipinski definition) is 2. The highest BCUT2D eigenvalue weighted by atomic mass is 19.1. The van der Waals surface area contributed by atoms with Crippen molar-refractivity contribution in [3.8, 4) is 0 Å². The molecule has 1 unspecified atom stereocenters. The van der Waals surface area contributed by atoms with Crippen LogP contribution < -0.4 is 11.1 Å². The summed E-state index contributed by atoms with van der Waals surface area (Å²) in [5.41, 5.74) is 6.28. The molecule has 0 aliphatic heterocycles. The minimum atomic E-state index is -0.484. The molecule has 0 radical (unpaired) electrons. The molecule has 0 fully saturated rings. The molecule has 5 heteroatoms. The monoisotopic (exact) mass is 268 g/mol. The first-order chi connectivity index (χ1) is 8.99. The van der Waals surface area contributed by atoms with Gasteiger partial charge in [0.15, 0.2) is 0 Å². The fourth-order valence-electron chi connectivity index (χ4n) is 1.74. The van der Waals surface area contributed by atoms with Crippen LogP contribution in [0.1, 0.15) is 24.2 Å². The van der Waals surface area contributed by atoms with Crippen molar-refractivity contribution in [2.24, 2.45) is 17.6 Å². The SMILES string of the molecule is COC(=O)c1ccc(F)c(NCC(CN)C(C)C)c1. The number of nitrogens with two attached hydrogens (primary N) is 1. The van der Waals surface area contributed by atoms with Crippen molar-refractivity contribution >= 4 is 11.7 Å². The molecule has 1 aromatic rings. The first kappa shape index (κ1) is 15.4. The lowest BCUT2D eigenvalue weighted by molar-refractivity contribution is 0.0600. The number of methoxy groups -OCH3 is 1. The Morgan fingerprint density at radius 1 is 1.47 bits per heavy atom. The van der Waals surface area contributed by atoms with Crippen LogP contribution in [0.15, 0.2) is 18.2 Å². The molecule has 3 N–H and O–H groups in total. The number of carbonyl (C=O) groups excluding carboxylic acids is 1. The zero-order valence-corrected chi connectivity index (χ0v) is 11.6. The van der Waals surface area contributed by atoms with E-state index in [0.29, 0.717) is 30.3 Å². The fourth-order valence-corrected chi connectivity index (χ4v) is 1.74. The van der Waals surface area contributed by atoms with E-state index in [-0.39, 0.29) is 5.92 Å². The normalized spacial score (nSPS) is 12.3. The number of rotatable bonds is 6. The van der Waals surface area contributed by atoms with Crippen LogP contribution in [0.5, 0.6) is 0 Å². The molecule has 106 valence electrons. The van der Waals surface area contributed by atoms with E-state index < -0.39 is 11.8 Å². The van der Waals surface area contributed by atoms with Crippen molar-refractivity contribution in [2.45, 2.75) is 13.8 Å². The standard InChI is InChI=1S/C14H21FN2O2/c1-9(2)11(7-16)8-17-13-6-10(14(18)19-3)4-5-12(13)15/h4-6,9,11,17H,7-8,16H2,1-3H3. The maximum absolute atomic E-state index is 13.6. The highest BCUT2D eigenvalue weighted by Crippen LogP contribution is 2.18. The van der Waals surface area contributed by atoms with Gasteiger partial charge in [-0.1, -0.05) is 13.8 Å². The lowest BCUT2D eigenvalue weighted by atomic mass is 9.96. The average Bonchev–Trinajstić information content (AvgIpc) is 2.40. The average molecular weight is 268 g/mol. The summed E-state index contributed by atoms with van der Waals surface area (Å²) in [7, 11) is 1.29. The number of hydrogen-bond acceptors (Lipinski definition) is 4. The van der Waals surface area contributed by atoms with Gasteiger partial charge >= 0.3 is 5.97 Å². The Bertz CT molecular complexity index is 435. The molecule has 4 nitrogen and oxygen atoms in total. The van der Waals surface area contributed by atoms with E-state index in [2.05, 4.69) is 23.9 Å². The Morgan fingerprint density at radius 2 is 2.16 bits per heavy atom. The van der Waals surface area contributed by atoms with Crippen molar-refractivity contribution in [2.75, 3.05) is 25.5 Å². The fraction of sp³-hybridized carbons (Fsp3) is 0.500. The number of benzene rings is 1. The maximum atomic E-state index is 13.6. The van der Waals surface area contributed by atoms with Crippen molar-refractivity contribution in [3.05, 3.63) is 29.6 Å². The van der Waals surface area contributed by atoms with Crippen molar-refractivity contribution in [1.82, 2.24) is 0 Å². The summed E-state index contributed by atoms with van der Waals surface area (Å²) in [6.07, 6.45) is 0. The molecular formula is C14H21FN2O2. The first-order valence-corrected chi connectivity index (χ1v) is 6.31. The molecule has 0 heterocycles. The van der Waals surface area contributed by atoms with Crippen molar-refractivity contribution in [3.63, 3.8) is 0 Å². The number of nitrogens with one attached hydrogen (secondary N) is 1. The van der Waals surface area contributed by atoms with Crippen LogP contribution in [0, 0.1) is 17.7 Å². The summed E-state index contributed by atoms with van der Waals surface area (Å²) in [5, 5.41) is 3.00. The Kier molecular flexibility index (Phi) is 5.76. The predicted molar refractivity (Wildman–Crippen MR) is 73.6 cm³/mol. The zero-order valence-electron chi connectivity index (χ0n) is 11.6. The minimum Gasteiger partial charge on any atom is -0.465 e. The summed E-state index contributed by atoms with van der Waals surface area (Å²) in [5.74, 6) is -0.222. The summed E-state index contributed by atoms with van der Waals surface area (Å²) < 4.78 is 18.3. The number of ether oxygens (including phenoxy) is 1. The summed E-state index contributed by atoms with van der Waals surface area (Å²) in [6, 6.07) is 4.10. The van der Waals surface area contributed by atoms with Gasteiger partial charge in [-0.25, -0.2) is 9.18 Å². The third kappa shape index (κ3) is 4.21. The van der Waals surface area contributed by atoms with Crippen LogP contribution in [-0.2, 0) is 4.74 Å². The second-order valence-electron chi connectivity index (χ2n) is 4.81. The predicted octanol–water partition coefficient (Wildman–Crippen LogP) is 2.26. The molecule has 1 atom stereocenters. The molecule has 0 saturated carbocycles. The van der Waals surface area contributed by atoms with Crippen LogP contribution in [0.2, 0.25) is 0 Å². The number of esters is 1. The molecule has 1 rings (SSSR count). The van der Waals surface area contributed by atoms with Crippen molar-refractivity contribution < 1.29 is 13.9 Å². The highest BCUT2D eigenvalue weighted by molar-refractivity contribution is 5.90. The van der Waals surface area contributed by atoms with Crippen molar-refractivity contribution in [1.29, 1.82) is 0 Å². The van der Waals surface area contributed by atoms with Gasteiger partial charge in [0.25, 0.3) is 0 Å². The highest BCUT2D eigenvalue weighted by Gasteiger charge is 2.14. The third-order valence-corrected chi connectivity index (χ3v) is 3.19. The number of carbonyl (C=O) groups is 1. The van der Waals surface area contributed by atoms with E-state index in [4.69, 9.17) is 5.73 Å².